The summed E-state index contributed by atoms with van der Waals surface area (Å²) >= 11 is 15.2. The molecule has 0 aliphatic heterocycles. The van der Waals surface area contributed by atoms with E-state index in [0.29, 0.717) is 10.0 Å². The minimum atomic E-state index is -0.273. The number of halogens is 3. The SMILES string of the molecule is O=C(CNc1ccc(Cl)cc1Br)N/N=C\c1ccccc1Cl. The van der Waals surface area contributed by atoms with Gasteiger partial charge in [0.05, 0.1) is 12.8 Å². The largest absolute Gasteiger partial charge is 0.375 e. The summed E-state index contributed by atoms with van der Waals surface area (Å²) in [7, 11) is 0. The van der Waals surface area contributed by atoms with E-state index in [4.69, 9.17) is 23.2 Å². The maximum absolute atomic E-state index is 11.7. The van der Waals surface area contributed by atoms with Gasteiger partial charge in [-0.25, -0.2) is 5.43 Å². The zero-order chi connectivity index (χ0) is 15.9. The van der Waals surface area contributed by atoms with E-state index in [9.17, 15) is 4.79 Å². The highest BCUT2D eigenvalue weighted by molar-refractivity contribution is 9.10. The predicted molar refractivity (Wildman–Crippen MR) is 94.8 cm³/mol. The molecule has 2 rings (SSSR count). The van der Waals surface area contributed by atoms with Crippen LogP contribution in [0.3, 0.4) is 0 Å². The fraction of sp³-hybridized carbons (Fsp3) is 0.0667. The van der Waals surface area contributed by atoms with Crippen LogP contribution in [-0.4, -0.2) is 18.7 Å². The Hall–Kier alpha value is -1.56. The zero-order valence-corrected chi connectivity index (χ0v) is 14.4. The number of amides is 1. The lowest BCUT2D eigenvalue weighted by Gasteiger charge is -2.07. The average Bonchev–Trinajstić information content (AvgIpc) is 2.48. The van der Waals surface area contributed by atoms with Gasteiger partial charge >= 0.3 is 0 Å². The highest BCUT2D eigenvalue weighted by Crippen LogP contribution is 2.25. The third-order valence-corrected chi connectivity index (χ3v) is 3.90. The molecule has 0 atom stereocenters. The summed E-state index contributed by atoms with van der Waals surface area (Å²) in [6.45, 7) is 0.0834. The third kappa shape index (κ3) is 5.02. The van der Waals surface area contributed by atoms with E-state index >= 15 is 0 Å². The van der Waals surface area contributed by atoms with E-state index in [1.165, 1.54) is 6.21 Å². The Morgan fingerprint density at radius 1 is 1.23 bits per heavy atom. The van der Waals surface area contributed by atoms with Crippen molar-refractivity contribution < 1.29 is 4.79 Å². The van der Waals surface area contributed by atoms with Crippen LogP contribution >= 0.6 is 39.1 Å². The molecule has 0 heterocycles. The molecule has 0 bridgehead atoms. The monoisotopic (exact) mass is 399 g/mol. The summed E-state index contributed by atoms with van der Waals surface area (Å²) in [5.41, 5.74) is 3.93. The predicted octanol–water partition coefficient (Wildman–Crippen LogP) is 4.32. The first kappa shape index (κ1) is 16.8. The second kappa shape index (κ2) is 8.17. The van der Waals surface area contributed by atoms with Crippen molar-refractivity contribution in [1.29, 1.82) is 0 Å². The van der Waals surface area contributed by atoms with Crippen LogP contribution in [0.2, 0.25) is 10.0 Å². The molecule has 0 saturated carbocycles. The number of rotatable bonds is 5. The minimum Gasteiger partial charge on any atom is -0.375 e. The van der Waals surface area contributed by atoms with Gasteiger partial charge in [0.15, 0.2) is 0 Å². The molecule has 114 valence electrons. The van der Waals surface area contributed by atoms with Gasteiger partial charge in [-0.3, -0.25) is 4.79 Å². The van der Waals surface area contributed by atoms with Crippen molar-refractivity contribution in [1.82, 2.24) is 5.43 Å². The van der Waals surface area contributed by atoms with Crippen molar-refractivity contribution in [2.75, 3.05) is 11.9 Å². The van der Waals surface area contributed by atoms with Crippen molar-refractivity contribution in [2.24, 2.45) is 5.10 Å². The van der Waals surface area contributed by atoms with Crippen LogP contribution in [0, 0.1) is 0 Å². The smallest absolute Gasteiger partial charge is 0.259 e. The molecule has 22 heavy (non-hydrogen) atoms. The van der Waals surface area contributed by atoms with E-state index < -0.39 is 0 Å². The number of hydrogen-bond acceptors (Lipinski definition) is 3. The molecule has 0 unspecified atom stereocenters. The summed E-state index contributed by atoms with van der Waals surface area (Å²) in [5, 5.41) is 8.04. The number of nitrogens with one attached hydrogen (secondary N) is 2. The van der Waals surface area contributed by atoms with Crippen LogP contribution in [0.15, 0.2) is 52.0 Å². The standard InChI is InChI=1S/C15H12BrCl2N3O/c16-12-7-11(17)5-6-14(12)19-9-15(22)21-20-8-10-3-1-2-4-13(10)18/h1-8,19H,9H2,(H,21,22)/b20-8-. The van der Waals surface area contributed by atoms with E-state index in [-0.39, 0.29) is 12.5 Å². The molecule has 0 aliphatic carbocycles. The molecule has 0 fully saturated rings. The van der Waals surface area contributed by atoms with E-state index in [1.54, 1.807) is 30.3 Å². The Morgan fingerprint density at radius 3 is 2.73 bits per heavy atom. The van der Waals surface area contributed by atoms with Gasteiger partial charge in [-0.15, -0.1) is 0 Å². The van der Waals surface area contributed by atoms with Crippen molar-refractivity contribution in [2.45, 2.75) is 0 Å². The van der Waals surface area contributed by atoms with Gasteiger partial charge in [0.2, 0.25) is 0 Å². The number of anilines is 1. The van der Waals surface area contributed by atoms with Gasteiger partial charge in [-0.1, -0.05) is 41.4 Å². The molecule has 0 spiro atoms. The maximum Gasteiger partial charge on any atom is 0.259 e. The number of nitrogens with zero attached hydrogens (tertiary/aromatic N) is 1. The Balaban J connectivity index is 1.84. The molecule has 1 amide bonds. The molecular weight excluding hydrogens is 389 g/mol. The summed E-state index contributed by atoms with van der Waals surface area (Å²) in [4.78, 5) is 11.7. The molecule has 0 aromatic heterocycles. The van der Waals surface area contributed by atoms with Gasteiger partial charge < -0.3 is 5.32 Å². The lowest BCUT2D eigenvalue weighted by Crippen LogP contribution is -2.26. The number of carbonyl (C=O) groups excluding carboxylic acids is 1. The molecule has 0 aliphatic rings. The first-order valence-electron chi connectivity index (χ1n) is 6.31. The topological polar surface area (TPSA) is 53.5 Å². The highest BCUT2D eigenvalue weighted by atomic mass is 79.9. The van der Waals surface area contributed by atoms with Gasteiger partial charge in [-0.2, -0.15) is 5.10 Å². The third-order valence-electron chi connectivity index (χ3n) is 2.67. The Labute approximate surface area is 146 Å². The van der Waals surface area contributed by atoms with Gasteiger partial charge in [-0.05, 0) is 40.2 Å². The average molecular weight is 401 g/mol. The first-order chi connectivity index (χ1) is 10.6. The van der Waals surface area contributed by atoms with Crippen molar-refractivity contribution >= 4 is 56.9 Å². The van der Waals surface area contributed by atoms with Crippen LogP contribution in [0.25, 0.3) is 0 Å². The molecule has 0 radical (unpaired) electrons. The fourth-order valence-electron chi connectivity index (χ4n) is 1.60. The minimum absolute atomic E-state index is 0.0834. The molecule has 0 saturated heterocycles. The lowest BCUT2D eigenvalue weighted by atomic mass is 10.2. The molecule has 2 aromatic rings. The quantitative estimate of drug-likeness (QED) is 0.580. The van der Waals surface area contributed by atoms with Crippen LogP contribution < -0.4 is 10.7 Å². The first-order valence-corrected chi connectivity index (χ1v) is 7.86. The molecule has 2 aromatic carbocycles. The fourth-order valence-corrected chi connectivity index (χ4v) is 2.61. The van der Waals surface area contributed by atoms with Gasteiger partial charge in [0.1, 0.15) is 0 Å². The van der Waals surface area contributed by atoms with E-state index in [2.05, 4.69) is 31.8 Å². The zero-order valence-electron chi connectivity index (χ0n) is 11.3. The Bertz CT molecular complexity index is 707. The number of carbonyl (C=O) groups is 1. The summed E-state index contributed by atoms with van der Waals surface area (Å²) in [5.74, 6) is -0.273. The second-order valence-electron chi connectivity index (χ2n) is 4.29. The lowest BCUT2D eigenvalue weighted by molar-refractivity contribution is -0.119. The number of hydrogen-bond donors (Lipinski definition) is 2. The Morgan fingerprint density at radius 2 is 2.00 bits per heavy atom. The molecule has 2 N–H and O–H groups in total. The van der Waals surface area contributed by atoms with Gasteiger partial charge in [0.25, 0.3) is 5.91 Å². The summed E-state index contributed by atoms with van der Waals surface area (Å²) < 4.78 is 0.785. The molecular formula is C15H12BrCl2N3O. The highest BCUT2D eigenvalue weighted by Gasteiger charge is 2.03. The Kier molecular flexibility index (Phi) is 6.24. The number of benzene rings is 2. The maximum atomic E-state index is 11.7. The summed E-state index contributed by atoms with van der Waals surface area (Å²) in [6, 6.07) is 12.5. The van der Waals surface area contributed by atoms with E-state index in [1.807, 2.05) is 12.1 Å². The van der Waals surface area contributed by atoms with Crippen molar-refractivity contribution in [3.8, 4) is 0 Å². The van der Waals surface area contributed by atoms with Crippen LogP contribution in [0.5, 0.6) is 0 Å². The van der Waals surface area contributed by atoms with Crippen molar-refractivity contribution in [3.63, 3.8) is 0 Å². The normalized spacial score (nSPS) is 10.7. The summed E-state index contributed by atoms with van der Waals surface area (Å²) in [6.07, 6.45) is 1.50. The van der Waals surface area contributed by atoms with E-state index in [0.717, 1.165) is 15.7 Å². The van der Waals surface area contributed by atoms with Crippen LogP contribution in [0.1, 0.15) is 5.56 Å². The van der Waals surface area contributed by atoms with Gasteiger partial charge in [0, 0.05) is 25.8 Å². The van der Waals surface area contributed by atoms with Crippen LogP contribution in [0.4, 0.5) is 5.69 Å². The number of hydrazone groups is 1. The molecule has 7 heteroatoms. The van der Waals surface area contributed by atoms with Crippen LogP contribution in [-0.2, 0) is 4.79 Å². The second-order valence-corrected chi connectivity index (χ2v) is 5.99. The molecule has 4 nitrogen and oxygen atoms in total. The van der Waals surface area contributed by atoms with Crippen molar-refractivity contribution in [3.05, 3.63) is 62.5 Å².